The van der Waals surface area contributed by atoms with Crippen LogP contribution in [0.5, 0.6) is 0 Å². The molecule has 0 spiro atoms. The van der Waals surface area contributed by atoms with Gasteiger partial charge in [-0.15, -0.1) is 11.8 Å². The quantitative estimate of drug-likeness (QED) is 0.633. The molecule has 0 saturated carbocycles. The van der Waals surface area contributed by atoms with Crippen LogP contribution >= 0.6 is 23.4 Å². The van der Waals surface area contributed by atoms with Gasteiger partial charge in [0.15, 0.2) is 0 Å². The number of nitrogens with zero attached hydrogens (tertiary/aromatic N) is 1. The van der Waals surface area contributed by atoms with Crippen molar-refractivity contribution in [2.45, 2.75) is 16.6 Å². The Hall–Kier alpha value is -2.38. The third kappa shape index (κ3) is 4.37. The fraction of sp³-hybridized carbons (Fsp3) is 0.118. The van der Waals surface area contributed by atoms with Crippen molar-refractivity contribution in [1.29, 1.82) is 0 Å². The second kappa shape index (κ2) is 7.67. The van der Waals surface area contributed by atoms with Gasteiger partial charge in [-0.1, -0.05) is 29.8 Å². The molecule has 8 heteroatoms. The van der Waals surface area contributed by atoms with E-state index in [1.54, 1.807) is 6.07 Å². The Morgan fingerprint density at radius 2 is 2.16 bits per heavy atom. The second-order valence-electron chi connectivity index (χ2n) is 5.26. The van der Waals surface area contributed by atoms with Gasteiger partial charge in [0.2, 0.25) is 11.8 Å². The predicted molar refractivity (Wildman–Crippen MR) is 96.5 cm³/mol. The number of rotatable bonds is 4. The average molecular weight is 378 g/mol. The third-order valence-electron chi connectivity index (χ3n) is 3.42. The van der Waals surface area contributed by atoms with Crippen LogP contribution in [0, 0.1) is 5.82 Å². The average Bonchev–Trinajstić information content (AvgIpc) is 2.59. The molecule has 1 heterocycles. The van der Waals surface area contributed by atoms with Gasteiger partial charge in [0, 0.05) is 11.3 Å². The number of amides is 2. The van der Waals surface area contributed by atoms with Gasteiger partial charge < -0.3 is 5.32 Å². The van der Waals surface area contributed by atoms with Crippen molar-refractivity contribution < 1.29 is 14.0 Å². The highest BCUT2D eigenvalue weighted by Gasteiger charge is 2.28. The van der Waals surface area contributed by atoms with Gasteiger partial charge in [-0.2, -0.15) is 5.10 Å². The molecule has 0 bridgehead atoms. The van der Waals surface area contributed by atoms with E-state index in [0.717, 1.165) is 10.6 Å². The van der Waals surface area contributed by atoms with Crippen LogP contribution in [0.25, 0.3) is 0 Å². The minimum atomic E-state index is -0.564. The number of nitrogens with one attached hydrogen (secondary N) is 2. The molecule has 0 radical (unpaired) electrons. The van der Waals surface area contributed by atoms with E-state index in [0.29, 0.717) is 5.56 Å². The third-order valence-corrected chi connectivity index (χ3v) is 5.01. The molecule has 1 atom stereocenters. The lowest BCUT2D eigenvalue weighted by molar-refractivity contribution is -0.124. The maximum Gasteiger partial charge on any atom is 0.241 e. The van der Waals surface area contributed by atoms with Crippen LogP contribution in [0.15, 0.2) is 52.5 Å². The maximum atomic E-state index is 13.3. The Bertz CT molecular complexity index is 860. The summed E-state index contributed by atoms with van der Waals surface area (Å²) < 4.78 is 13.3. The number of carbonyl (C=O) groups excluding carboxylic acids is 2. The summed E-state index contributed by atoms with van der Waals surface area (Å²) in [7, 11) is 0. The van der Waals surface area contributed by atoms with Crippen molar-refractivity contribution in [3.05, 3.63) is 58.9 Å². The van der Waals surface area contributed by atoms with Gasteiger partial charge in [-0.05, 0) is 29.8 Å². The number of hydrogen-bond acceptors (Lipinski definition) is 4. The molecule has 128 valence electrons. The molecule has 0 saturated heterocycles. The van der Waals surface area contributed by atoms with Crippen molar-refractivity contribution in [3.63, 3.8) is 0 Å². The summed E-state index contributed by atoms with van der Waals surface area (Å²) in [5, 5.41) is 6.03. The molecule has 2 aromatic rings. The highest BCUT2D eigenvalue weighted by Crippen LogP contribution is 2.36. The van der Waals surface area contributed by atoms with Crippen molar-refractivity contribution in [2.75, 3.05) is 5.32 Å². The number of carbonyl (C=O) groups is 2. The fourth-order valence-corrected chi connectivity index (χ4v) is 3.44. The van der Waals surface area contributed by atoms with E-state index in [1.165, 1.54) is 30.1 Å². The Kier molecular flexibility index (Phi) is 5.35. The smallest absolute Gasteiger partial charge is 0.241 e. The Morgan fingerprint density at radius 1 is 1.36 bits per heavy atom. The molecule has 0 aromatic heterocycles. The SMILES string of the molecule is O=C(CC1Sc2ccccc2NC1=O)NN=Cc1ccc(Cl)c(F)c1. The molecule has 25 heavy (non-hydrogen) atoms. The number of para-hydroxylation sites is 1. The lowest BCUT2D eigenvalue weighted by Crippen LogP contribution is -2.33. The Labute approximate surface area is 152 Å². The summed E-state index contributed by atoms with van der Waals surface area (Å²) >= 11 is 6.93. The van der Waals surface area contributed by atoms with Gasteiger partial charge in [0.25, 0.3) is 0 Å². The summed E-state index contributed by atoms with van der Waals surface area (Å²) in [6.45, 7) is 0. The van der Waals surface area contributed by atoms with E-state index in [4.69, 9.17) is 11.6 Å². The highest BCUT2D eigenvalue weighted by molar-refractivity contribution is 8.01. The summed E-state index contributed by atoms with van der Waals surface area (Å²) in [5.41, 5.74) is 3.55. The van der Waals surface area contributed by atoms with Crippen LogP contribution < -0.4 is 10.7 Å². The van der Waals surface area contributed by atoms with Gasteiger partial charge in [-0.25, -0.2) is 9.82 Å². The number of fused-ring (bicyclic) bond motifs is 1. The van der Waals surface area contributed by atoms with Crippen molar-refractivity contribution >= 4 is 47.1 Å². The number of halogens is 2. The normalized spacial score (nSPS) is 16.4. The second-order valence-corrected chi connectivity index (χ2v) is 6.91. The standard InChI is InChI=1S/C17H13ClFN3O2S/c18-11-6-5-10(7-12(11)19)9-20-22-16(23)8-15-17(24)21-13-3-1-2-4-14(13)25-15/h1-7,9,15H,8H2,(H,21,24)(H,22,23). The van der Waals surface area contributed by atoms with Crippen molar-refractivity contribution in [1.82, 2.24) is 5.43 Å². The molecule has 2 amide bonds. The summed E-state index contributed by atoms with van der Waals surface area (Å²) in [4.78, 5) is 24.9. The first kappa shape index (κ1) is 17.4. The van der Waals surface area contributed by atoms with E-state index in [1.807, 2.05) is 24.3 Å². The van der Waals surface area contributed by atoms with E-state index < -0.39 is 17.0 Å². The zero-order chi connectivity index (χ0) is 17.8. The first-order valence-electron chi connectivity index (χ1n) is 7.36. The first-order chi connectivity index (χ1) is 12.0. The molecule has 0 aliphatic carbocycles. The number of benzene rings is 2. The highest BCUT2D eigenvalue weighted by atomic mass is 35.5. The zero-order valence-corrected chi connectivity index (χ0v) is 14.4. The van der Waals surface area contributed by atoms with Crippen LogP contribution in [-0.2, 0) is 9.59 Å². The van der Waals surface area contributed by atoms with E-state index in [-0.39, 0.29) is 17.4 Å². The molecular formula is C17H13ClFN3O2S. The van der Waals surface area contributed by atoms with E-state index in [9.17, 15) is 14.0 Å². The fourth-order valence-electron chi connectivity index (χ4n) is 2.21. The lowest BCUT2D eigenvalue weighted by atomic mass is 10.2. The number of thioether (sulfide) groups is 1. The molecule has 2 N–H and O–H groups in total. The van der Waals surface area contributed by atoms with E-state index in [2.05, 4.69) is 15.8 Å². The number of hydrazone groups is 1. The van der Waals surface area contributed by atoms with Crippen LogP contribution in [0.2, 0.25) is 5.02 Å². The summed E-state index contributed by atoms with van der Waals surface area (Å²) in [6, 6.07) is 11.6. The molecule has 1 unspecified atom stereocenters. The number of anilines is 1. The largest absolute Gasteiger partial charge is 0.324 e. The van der Waals surface area contributed by atoms with Gasteiger partial charge in [0.1, 0.15) is 5.82 Å². The molecule has 0 fully saturated rings. The van der Waals surface area contributed by atoms with Gasteiger partial charge >= 0.3 is 0 Å². The molecule has 1 aliphatic rings. The number of hydrogen-bond donors (Lipinski definition) is 2. The molecule has 1 aliphatic heterocycles. The van der Waals surface area contributed by atoms with Gasteiger partial charge in [0.05, 0.1) is 22.2 Å². The lowest BCUT2D eigenvalue weighted by Gasteiger charge is -2.23. The van der Waals surface area contributed by atoms with Gasteiger partial charge in [-0.3, -0.25) is 9.59 Å². The van der Waals surface area contributed by atoms with Crippen molar-refractivity contribution in [3.8, 4) is 0 Å². The molecular weight excluding hydrogens is 365 g/mol. The summed E-state index contributed by atoms with van der Waals surface area (Å²) in [5.74, 6) is -1.19. The monoisotopic (exact) mass is 377 g/mol. The van der Waals surface area contributed by atoms with Crippen molar-refractivity contribution in [2.24, 2.45) is 5.10 Å². The Morgan fingerprint density at radius 3 is 2.96 bits per heavy atom. The van der Waals surface area contributed by atoms with Crippen LogP contribution in [-0.4, -0.2) is 23.3 Å². The Balaban J connectivity index is 1.56. The first-order valence-corrected chi connectivity index (χ1v) is 8.62. The van der Waals surface area contributed by atoms with Crippen LogP contribution in [0.3, 0.4) is 0 Å². The molecule has 2 aromatic carbocycles. The van der Waals surface area contributed by atoms with Crippen LogP contribution in [0.1, 0.15) is 12.0 Å². The van der Waals surface area contributed by atoms with E-state index >= 15 is 0 Å². The maximum absolute atomic E-state index is 13.3. The predicted octanol–water partition coefficient (Wildman–Crippen LogP) is 3.43. The zero-order valence-electron chi connectivity index (χ0n) is 12.8. The minimum absolute atomic E-state index is 0.0156. The minimum Gasteiger partial charge on any atom is -0.324 e. The summed E-state index contributed by atoms with van der Waals surface area (Å²) in [6.07, 6.45) is 1.29. The molecule has 3 rings (SSSR count). The molecule has 5 nitrogen and oxygen atoms in total. The van der Waals surface area contributed by atoms with Crippen LogP contribution in [0.4, 0.5) is 10.1 Å². The topological polar surface area (TPSA) is 70.6 Å².